The highest BCUT2D eigenvalue weighted by atomic mass is 35.5. The van der Waals surface area contributed by atoms with Gasteiger partial charge in [0.1, 0.15) is 5.15 Å². The fraction of sp³-hybridized carbons (Fsp3) is 0.538. The number of pyridine rings is 2. The maximum atomic E-state index is 13.1. The molecule has 2 saturated heterocycles. The molecule has 5 rings (SSSR count). The van der Waals surface area contributed by atoms with Gasteiger partial charge < -0.3 is 19.5 Å². The molecule has 1 amide bonds. The largest absolute Gasteiger partial charge is 0.481 e. The van der Waals surface area contributed by atoms with Crippen LogP contribution >= 0.6 is 11.6 Å². The molecule has 0 spiro atoms. The number of halogens is 1. The summed E-state index contributed by atoms with van der Waals surface area (Å²) in [7, 11) is 0. The smallest absolute Gasteiger partial charge is 0.303 e. The first kappa shape index (κ1) is 24.0. The molecule has 0 aromatic carbocycles. The van der Waals surface area contributed by atoms with Crippen LogP contribution in [0.5, 0.6) is 0 Å². The number of likely N-dealkylation sites (tertiary alicyclic amines) is 2. The third-order valence-corrected chi connectivity index (χ3v) is 8.17. The molecule has 186 valence electrons. The zero-order valence-corrected chi connectivity index (χ0v) is 20.4. The molecule has 2 fully saturated rings. The third-order valence-electron chi connectivity index (χ3n) is 7.96. The number of hydrogen-bond donors (Lipinski definition) is 1. The van der Waals surface area contributed by atoms with Gasteiger partial charge in [0.05, 0.1) is 0 Å². The Labute approximate surface area is 209 Å². The van der Waals surface area contributed by atoms with Crippen molar-refractivity contribution in [2.24, 2.45) is 17.8 Å². The number of aliphatic carboxylic acids is 1. The minimum absolute atomic E-state index is 0.0566. The number of carboxylic acid groups (broad SMARTS) is 1. The minimum Gasteiger partial charge on any atom is -0.481 e. The van der Waals surface area contributed by atoms with Crippen LogP contribution in [0.3, 0.4) is 0 Å². The summed E-state index contributed by atoms with van der Waals surface area (Å²) in [5.41, 5.74) is 1.73. The Kier molecular flexibility index (Phi) is 6.93. The number of fused-ring (bicyclic) bond motifs is 4. The van der Waals surface area contributed by atoms with E-state index in [1.165, 1.54) is 6.20 Å². The molecule has 0 saturated carbocycles. The lowest BCUT2D eigenvalue weighted by Crippen LogP contribution is -2.49. The maximum Gasteiger partial charge on any atom is 0.303 e. The molecule has 35 heavy (non-hydrogen) atoms. The van der Waals surface area contributed by atoms with Crippen molar-refractivity contribution in [3.05, 3.63) is 63.3 Å². The topological polar surface area (TPSA) is 95.7 Å². The van der Waals surface area contributed by atoms with Gasteiger partial charge in [-0.1, -0.05) is 17.7 Å². The quantitative estimate of drug-likeness (QED) is 0.615. The van der Waals surface area contributed by atoms with Gasteiger partial charge >= 0.3 is 5.97 Å². The molecule has 0 aliphatic carbocycles. The van der Waals surface area contributed by atoms with E-state index >= 15 is 0 Å². The number of rotatable bonds is 6. The average Bonchev–Trinajstić information content (AvgIpc) is 2.83. The van der Waals surface area contributed by atoms with Gasteiger partial charge in [0, 0.05) is 68.6 Å². The second-order valence-corrected chi connectivity index (χ2v) is 10.7. The molecule has 0 radical (unpaired) electrons. The van der Waals surface area contributed by atoms with Gasteiger partial charge in [-0.25, -0.2) is 4.98 Å². The number of piperidine rings is 2. The molecule has 2 aromatic heterocycles. The lowest BCUT2D eigenvalue weighted by molar-refractivity contribution is -0.139. The van der Waals surface area contributed by atoms with Crippen molar-refractivity contribution in [2.45, 2.75) is 38.1 Å². The van der Waals surface area contributed by atoms with Gasteiger partial charge in [-0.05, 0) is 61.8 Å². The molecule has 8 nitrogen and oxygen atoms in total. The van der Waals surface area contributed by atoms with Crippen LogP contribution in [0.15, 0.2) is 41.3 Å². The zero-order valence-electron chi connectivity index (χ0n) is 19.7. The Morgan fingerprint density at radius 3 is 2.77 bits per heavy atom. The Balaban J connectivity index is 1.26. The van der Waals surface area contributed by atoms with Crippen molar-refractivity contribution in [1.29, 1.82) is 0 Å². The summed E-state index contributed by atoms with van der Waals surface area (Å²) in [5, 5.41) is 9.75. The highest BCUT2D eigenvalue weighted by molar-refractivity contribution is 6.29. The highest BCUT2D eigenvalue weighted by Gasteiger charge is 2.36. The molecule has 4 unspecified atom stereocenters. The first-order valence-corrected chi connectivity index (χ1v) is 12.8. The van der Waals surface area contributed by atoms with E-state index in [9.17, 15) is 19.5 Å². The Morgan fingerprint density at radius 1 is 1.11 bits per heavy atom. The van der Waals surface area contributed by atoms with Crippen molar-refractivity contribution in [1.82, 2.24) is 19.4 Å². The van der Waals surface area contributed by atoms with Gasteiger partial charge in [0.2, 0.25) is 0 Å². The van der Waals surface area contributed by atoms with Crippen LogP contribution < -0.4 is 5.56 Å². The van der Waals surface area contributed by atoms with Crippen molar-refractivity contribution in [2.75, 3.05) is 32.7 Å². The summed E-state index contributed by atoms with van der Waals surface area (Å²) < 4.78 is 1.94. The summed E-state index contributed by atoms with van der Waals surface area (Å²) >= 11 is 5.98. The predicted molar refractivity (Wildman–Crippen MR) is 132 cm³/mol. The monoisotopic (exact) mass is 498 g/mol. The lowest BCUT2D eigenvalue weighted by Gasteiger charge is -2.44. The fourth-order valence-corrected chi connectivity index (χ4v) is 6.50. The highest BCUT2D eigenvalue weighted by Crippen LogP contribution is 2.36. The van der Waals surface area contributed by atoms with Crippen molar-refractivity contribution >= 4 is 23.5 Å². The van der Waals surface area contributed by atoms with Crippen LogP contribution in [0, 0.1) is 17.8 Å². The molecule has 2 aromatic rings. The van der Waals surface area contributed by atoms with Gasteiger partial charge in [-0.15, -0.1) is 0 Å². The Hall–Kier alpha value is -2.71. The van der Waals surface area contributed by atoms with E-state index in [1.54, 1.807) is 18.2 Å². The van der Waals surface area contributed by atoms with Gasteiger partial charge in [-0.2, -0.15) is 0 Å². The molecular weight excluding hydrogens is 468 g/mol. The van der Waals surface area contributed by atoms with Crippen LogP contribution in [0.4, 0.5) is 0 Å². The van der Waals surface area contributed by atoms with Crippen LogP contribution in [0.1, 0.15) is 47.7 Å². The first-order chi connectivity index (χ1) is 16.9. The van der Waals surface area contributed by atoms with Crippen LogP contribution in [-0.2, 0) is 11.3 Å². The molecule has 9 heteroatoms. The van der Waals surface area contributed by atoms with Crippen LogP contribution in [0.25, 0.3) is 0 Å². The number of aromatic nitrogens is 2. The first-order valence-electron chi connectivity index (χ1n) is 12.4. The maximum absolute atomic E-state index is 13.1. The standard InChI is InChI=1S/C26H31ClN4O4/c27-23-11-19(4-7-28-23)26(35)30-9-6-18(12-25(33)34)20(16-30)5-8-29-13-17-10-21(15-29)22-2-1-3-24(32)31(22)14-17/h1-4,7,11,17-18,20-21H,5-6,8-10,12-16H2,(H,33,34). The Morgan fingerprint density at radius 2 is 1.97 bits per heavy atom. The van der Waals surface area contributed by atoms with Crippen molar-refractivity contribution in [3.63, 3.8) is 0 Å². The second-order valence-electron chi connectivity index (χ2n) is 10.3. The van der Waals surface area contributed by atoms with Crippen molar-refractivity contribution < 1.29 is 14.7 Å². The summed E-state index contributed by atoms with van der Waals surface area (Å²) in [4.78, 5) is 45.2. The number of carboxylic acids is 1. The minimum atomic E-state index is -0.782. The third kappa shape index (κ3) is 5.28. The number of carbonyl (C=O) groups is 2. The fourth-order valence-electron chi connectivity index (χ4n) is 6.33. The Bertz CT molecular complexity index is 1170. The number of amides is 1. The average molecular weight is 499 g/mol. The van der Waals surface area contributed by atoms with Gasteiger partial charge in [-0.3, -0.25) is 14.4 Å². The molecular formula is C26H31ClN4O4. The molecule has 4 atom stereocenters. The normalized spacial score (nSPS) is 26.3. The second kappa shape index (κ2) is 10.1. The summed E-state index contributed by atoms with van der Waals surface area (Å²) in [6.07, 6.45) is 4.31. The predicted octanol–water partition coefficient (Wildman–Crippen LogP) is 2.96. The number of nitrogens with zero attached hydrogens (tertiary/aromatic N) is 4. The molecule has 5 heterocycles. The molecule has 2 bridgehead atoms. The van der Waals surface area contributed by atoms with Gasteiger partial charge in [0.15, 0.2) is 0 Å². The lowest BCUT2D eigenvalue weighted by atomic mass is 9.80. The van der Waals surface area contributed by atoms with E-state index < -0.39 is 5.97 Å². The van der Waals surface area contributed by atoms with Crippen LogP contribution in [-0.4, -0.2) is 69.1 Å². The molecule has 3 aliphatic rings. The molecule has 3 aliphatic heterocycles. The van der Waals surface area contributed by atoms with Gasteiger partial charge in [0.25, 0.3) is 11.5 Å². The number of carbonyl (C=O) groups excluding carboxylic acids is 1. The van der Waals surface area contributed by atoms with E-state index in [-0.39, 0.29) is 34.9 Å². The number of hydrogen-bond acceptors (Lipinski definition) is 5. The molecule has 1 N–H and O–H groups in total. The summed E-state index contributed by atoms with van der Waals surface area (Å²) in [5.74, 6) is 0.126. The summed E-state index contributed by atoms with van der Waals surface area (Å²) in [6.45, 7) is 4.60. The summed E-state index contributed by atoms with van der Waals surface area (Å²) in [6, 6.07) is 8.82. The van der Waals surface area contributed by atoms with E-state index in [0.717, 1.165) is 44.7 Å². The van der Waals surface area contributed by atoms with Crippen LogP contribution in [0.2, 0.25) is 5.15 Å². The van der Waals surface area contributed by atoms with Crippen molar-refractivity contribution in [3.8, 4) is 0 Å². The van der Waals surface area contributed by atoms with E-state index in [0.29, 0.717) is 36.9 Å². The van der Waals surface area contributed by atoms with E-state index in [1.807, 2.05) is 15.5 Å². The van der Waals surface area contributed by atoms with E-state index in [2.05, 4.69) is 16.0 Å². The van der Waals surface area contributed by atoms with E-state index in [4.69, 9.17) is 11.6 Å². The SMILES string of the molecule is O=C(O)CC1CCN(C(=O)c2ccnc(Cl)c2)CC1CCN1CC2CC(C1)c1cccc(=O)n1C2. The zero-order chi connectivity index (χ0) is 24.5.